The maximum absolute atomic E-state index is 8.09. The molecule has 11 heteroatoms. The van der Waals surface area contributed by atoms with Crippen LogP contribution in [0.25, 0.3) is 0 Å². The second kappa shape index (κ2) is 9.77. The van der Waals surface area contributed by atoms with E-state index in [2.05, 4.69) is 0 Å². The number of hydrogen-bond donors (Lipinski definition) is 0. The molecule has 0 aliphatic heterocycles. The Bertz CT molecular complexity index is 476. The molecule has 0 aromatic carbocycles. The SMILES string of the molecule is N#C[B-](C#N)(C#N)C#N.N#C[B-](C#N)(C#N)C#N.[Cu+2]. The average Bonchev–Trinajstić information content (AvgIpc) is 2.46. The van der Waals surface area contributed by atoms with E-state index in [1.165, 1.54) is 47.7 Å². The molecule has 0 aromatic heterocycles. The van der Waals surface area contributed by atoms with Crippen LogP contribution in [0.1, 0.15) is 0 Å². The Morgan fingerprint density at radius 2 is 0.474 bits per heavy atom. The third kappa shape index (κ3) is 5.44. The summed E-state index contributed by atoms with van der Waals surface area (Å²) in [6, 6.07) is 0. The molecule has 1 radical (unpaired) electrons. The fraction of sp³-hybridized carbons (Fsp3) is 0. The van der Waals surface area contributed by atoms with Gasteiger partial charge in [-0.15, -0.1) is 47.7 Å². The second-order valence-corrected chi connectivity index (χ2v) is 2.76. The van der Waals surface area contributed by atoms with Gasteiger partial charge in [-0.3, -0.25) is 0 Å². The molecule has 0 aliphatic carbocycles. The van der Waals surface area contributed by atoms with Gasteiger partial charge in [-0.2, -0.15) is 0 Å². The van der Waals surface area contributed by atoms with Gasteiger partial charge in [-0.1, -0.05) is 0 Å². The molecule has 0 heterocycles. The van der Waals surface area contributed by atoms with Crippen LogP contribution in [-0.2, 0) is 17.1 Å². The zero-order valence-electron chi connectivity index (χ0n) is 9.03. The van der Waals surface area contributed by atoms with Crippen molar-refractivity contribution in [3.05, 3.63) is 0 Å². The predicted octanol–water partition coefficient (Wildman–Crippen LogP) is -0.630. The number of rotatable bonds is 0. The molecular formula is C8B2CuN8. The van der Waals surface area contributed by atoms with Crippen molar-refractivity contribution in [1.82, 2.24) is 0 Å². The van der Waals surface area contributed by atoms with Crippen LogP contribution < -0.4 is 0 Å². The third-order valence-electron chi connectivity index (χ3n) is 1.55. The topological polar surface area (TPSA) is 190 Å². The summed E-state index contributed by atoms with van der Waals surface area (Å²) in [6.07, 6.45) is -5.44. The quantitative estimate of drug-likeness (QED) is 0.526. The minimum atomic E-state index is -2.72. The maximum atomic E-state index is 8.09. The van der Waals surface area contributed by atoms with E-state index in [1.54, 1.807) is 0 Å². The van der Waals surface area contributed by atoms with Crippen LogP contribution >= 0.6 is 0 Å². The van der Waals surface area contributed by atoms with Crippen molar-refractivity contribution < 1.29 is 17.1 Å². The molecular weight excluding hydrogens is 293 g/mol. The first-order chi connectivity index (χ1) is 8.49. The molecule has 0 atom stereocenters. The van der Waals surface area contributed by atoms with Crippen LogP contribution in [0.3, 0.4) is 0 Å². The minimum absolute atomic E-state index is 0. The largest absolute Gasteiger partial charge is 2.00 e. The van der Waals surface area contributed by atoms with Crippen molar-refractivity contribution in [3.63, 3.8) is 0 Å². The monoisotopic (exact) mass is 293 g/mol. The number of nitrogens with zero attached hydrogens (tertiary/aromatic N) is 8. The Balaban J connectivity index is -0.000000256. The molecule has 89 valence electrons. The smallest absolute Gasteiger partial charge is 0.245 e. The zero-order chi connectivity index (χ0) is 14.7. The molecule has 0 rings (SSSR count). The average molecular weight is 293 g/mol. The first-order valence-corrected chi connectivity index (χ1v) is 4.10. The molecule has 0 saturated carbocycles. The second-order valence-electron chi connectivity index (χ2n) is 2.76. The molecule has 0 amide bonds. The maximum Gasteiger partial charge on any atom is 2.00 e. The Morgan fingerprint density at radius 1 is 0.368 bits per heavy atom. The standard InChI is InChI=1S/2C4BN4.Cu/c2*6-1-5(2-7,3-8)4-9;/q2*-1;+2. The van der Waals surface area contributed by atoms with Crippen molar-refractivity contribution in [1.29, 1.82) is 42.1 Å². The van der Waals surface area contributed by atoms with Crippen molar-refractivity contribution in [2.45, 2.75) is 0 Å². The van der Waals surface area contributed by atoms with E-state index in [9.17, 15) is 0 Å². The molecule has 0 bridgehead atoms. The van der Waals surface area contributed by atoms with Crippen LogP contribution in [-0.4, -0.2) is 12.3 Å². The fourth-order valence-electron chi connectivity index (χ4n) is 0.346. The molecule has 0 aromatic rings. The minimum Gasteiger partial charge on any atom is -0.245 e. The molecule has 0 saturated heterocycles. The van der Waals surface area contributed by atoms with Crippen molar-refractivity contribution in [3.8, 4) is 47.7 Å². The van der Waals surface area contributed by atoms with E-state index in [1.807, 2.05) is 0 Å². The summed E-state index contributed by atoms with van der Waals surface area (Å²) in [7, 11) is 0. The van der Waals surface area contributed by atoms with Gasteiger partial charge in [0.25, 0.3) is 0 Å². The molecule has 19 heavy (non-hydrogen) atoms. The zero-order valence-corrected chi connectivity index (χ0v) is 9.98. The Labute approximate surface area is 119 Å². The number of hydrogen-bond acceptors (Lipinski definition) is 8. The van der Waals surface area contributed by atoms with Crippen LogP contribution in [0.4, 0.5) is 0 Å². The molecule has 0 fully saturated rings. The molecule has 0 N–H and O–H groups in total. The van der Waals surface area contributed by atoms with Crippen LogP contribution in [0.15, 0.2) is 0 Å². The normalized spacial score (nSPS) is 7.16. The van der Waals surface area contributed by atoms with E-state index in [0.717, 1.165) is 0 Å². The van der Waals surface area contributed by atoms with Gasteiger partial charge >= 0.3 is 29.4 Å². The van der Waals surface area contributed by atoms with E-state index in [0.29, 0.717) is 0 Å². The third-order valence-corrected chi connectivity index (χ3v) is 1.55. The number of nitriles is 8. The van der Waals surface area contributed by atoms with Gasteiger partial charge in [-0.25, -0.2) is 42.1 Å². The summed E-state index contributed by atoms with van der Waals surface area (Å²) in [6.45, 7) is 0. The summed E-state index contributed by atoms with van der Waals surface area (Å²) < 4.78 is 0. The van der Waals surface area contributed by atoms with Crippen molar-refractivity contribution in [2.75, 3.05) is 0 Å². The molecule has 0 spiro atoms. The summed E-state index contributed by atoms with van der Waals surface area (Å²) in [5, 5.41) is 64.7. The fourth-order valence-corrected chi connectivity index (χ4v) is 0.346. The van der Waals surface area contributed by atoms with Crippen LogP contribution in [0.2, 0.25) is 0 Å². The van der Waals surface area contributed by atoms with Crippen molar-refractivity contribution >= 4 is 12.3 Å². The van der Waals surface area contributed by atoms with Crippen LogP contribution in [0.5, 0.6) is 0 Å². The summed E-state index contributed by atoms with van der Waals surface area (Å²) in [5.74, 6) is 10.8. The molecule has 8 nitrogen and oxygen atoms in total. The first kappa shape index (κ1) is 20.9. The van der Waals surface area contributed by atoms with Crippen molar-refractivity contribution in [2.24, 2.45) is 0 Å². The summed E-state index contributed by atoms with van der Waals surface area (Å²) in [5.41, 5.74) is 0. The molecule has 0 aliphatic rings. The first-order valence-electron chi connectivity index (χ1n) is 4.10. The van der Waals surface area contributed by atoms with Gasteiger partial charge in [-0.05, 0) is 0 Å². The summed E-state index contributed by atoms with van der Waals surface area (Å²) in [4.78, 5) is 0. The van der Waals surface area contributed by atoms with Gasteiger partial charge in [0, 0.05) is 0 Å². The van der Waals surface area contributed by atoms with Gasteiger partial charge < -0.3 is 0 Å². The predicted molar refractivity (Wildman–Crippen MR) is 56.4 cm³/mol. The molecule has 0 unspecified atom stereocenters. The van der Waals surface area contributed by atoms with E-state index in [-0.39, 0.29) is 17.1 Å². The van der Waals surface area contributed by atoms with Gasteiger partial charge in [0.2, 0.25) is 0 Å². The van der Waals surface area contributed by atoms with Gasteiger partial charge in [0.05, 0.1) is 0 Å². The van der Waals surface area contributed by atoms with E-state index >= 15 is 0 Å². The van der Waals surface area contributed by atoms with E-state index < -0.39 is 12.3 Å². The Morgan fingerprint density at radius 3 is 0.474 bits per heavy atom. The van der Waals surface area contributed by atoms with Crippen LogP contribution in [0, 0.1) is 89.8 Å². The Kier molecular flexibility index (Phi) is 10.8. The Hall–Kier alpha value is -3.43. The van der Waals surface area contributed by atoms with Gasteiger partial charge in [0.1, 0.15) is 0 Å². The van der Waals surface area contributed by atoms with E-state index in [4.69, 9.17) is 42.1 Å². The summed E-state index contributed by atoms with van der Waals surface area (Å²) >= 11 is 0. The van der Waals surface area contributed by atoms with Gasteiger partial charge in [0.15, 0.2) is 0 Å².